The molecule has 3 rings (SSSR count). The molecule has 4 heteroatoms. The first-order chi connectivity index (χ1) is 9.85. The Balaban J connectivity index is 1.80. The molecule has 0 radical (unpaired) electrons. The van der Waals surface area contributed by atoms with E-state index in [1.807, 2.05) is 60.5 Å². The summed E-state index contributed by atoms with van der Waals surface area (Å²) in [6, 6.07) is 16.2. The number of pyridine rings is 1. The van der Waals surface area contributed by atoms with E-state index >= 15 is 0 Å². The van der Waals surface area contributed by atoms with Gasteiger partial charge in [-0.25, -0.2) is 4.98 Å². The number of benzene rings is 1. The minimum atomic E-state index is 0.669. The Morgan fingerprint density at radius 2 is 1.85 bits per heavy atom. The average molecular weight is 264 g/mol. The molecule has 0 unspecified atom stereocenters. The standard InChI is InChI=1S/C16H16N4/c1-17-16-9-5-8-15(19-16)12-20-11-14(10-18-20)13-6-3-2-4-7-13/h2-11H,12H2,1H3,(H,17,19). The quantitative estimate of drug-likeness (QED) is 0.787. The number of anilines is 1. The summed E-state index contributed by atoms with van der Waals surface area (Å²) in [6.45, 7) is 0.669. The molecule has 1 N–H and O–H groups in total. The maximum absolute atomic E-state index is 4.50. The van der Waals surface area contributed by atoms with Crippen molar-refractivity contribution in [1.29, 1.82) is 0 Å². The summed E-state index contributed by atoms with van der Waals surface area (Å²) in [7, 11) is 1.87. The summed E-state index contributed by atoms with van der Waals surface area (Å²) in [5, 5.41) is 7.44. The zero-order valence-corrected chi connectivity index (χ0v) is 11.3. The lowest BCUT2D eigenvalue weighted by atomic mass is 10.1. The first-order valence-corrected chi connectivity index (χ1v) is 6.57. The van der Waals surface area contributed by atoms with E-state index in [-0.39, 0.29) is 0 Å². The van der Waals surface area contributed by atoms with E-state index < -0.39 is 0 Å². The van der Waals surface area contributed by atoms with Crippen LogP contribution in [0.3, 0.4) is 0 Å². The summed E-state index contributed by atoms with van der Waals surface area (Å²) < 4.78 is 1.91. The molecular formula is C16H16N4. The lowest BCUT2D eigenvalue weighted by Crippen LogP contribution is -2.03. The first kappa shape index (κ1) is 12.4. The van der Waals surface area contributed by atoms with Crippen LogP contribution in [-0.4, -0.2) is 21.8 Å². The number of hydrogen-bond donors (Lipinski definition) is 1. The molecule has 0 aliphatic heterocycles. The smallest absolute Gasteiger partial charge is 0.126 e. The van der Waals surface area contributed by atoms with E-state index in [4.69, 9.17) is 0 Å². The second-order valence-electron chi connectivity index (χ2n) is 4.56. The van der Waals surface area contributed by atoms with Crippen LogP contribution in [0.15, 0.2) is 60.9 Å². The normalized spacial score (nSPS) is 10.4. The van der Waals surface area contributed by atoms with Crippen molar-refractivity contribution >= 4 is 5.82 Å². The van der Waals surface area contributed by atoms with Crippen molar-refractivity contribution in [2.75, 3.05) is 12.4 Å². The molecule has 1 aromatic carbocycles. The SMILES string of the molecule is CNc1cccc(Cn2cc(-c3ccccc3)cn2)n1. The van der Waals surface area contributed by atoms with E-state index in [2.05, 4.69) is 27.5 Å². The van der Waals surface area contributed by atoms with Crippen molar-refractivity contribution in [3.8, 4) is 11.1 Å². The van der Waals surface area contributed by atoms with Crippen LogP contribution >= 0.6 is 0 Å². The van der Waals surface area contributed by atoms with Gasteiger partial charge < -0.3 is 5.32 Å². The zero-order chi connectivity index (χ0) is 13.8. The van der Waals surface area contributed by atoms with Gasteiger partial charge in [0.05, 0.1) is 18.4 Å². The molecule has 100 valence electrons. The van der Waals surface area contributed by atoms with Crippen molar-refractivity contribution in [3.63, 3.8) is 0 Å². The summed E-state index contributed by atoms with van der Waals surface area (Å²) in [6.07, 6.45) is 3.93. The predicted molar refractivity (Wildman–Crippen MR) is 80.5 cm³/mol. The monoisotopic (exact) mass is 264 g/mol. The second kappa shape index (κ2) is 5.57. The third kappa shape index (κ3) is 2.69. The molecule has 0 fully saturated rings. The van der Waals surface area contributed by atoms with Gasteiger partial charge in [0.1, 0.15) is 5.82 Å². The Hall–Kier alpha value is -2.62. The van der Waals surface area contributed by atoms with Gasteiger partial charge >= 0.3 is 0 Å². The number of aromatic nitrogens is 3. The minimum absolute atomic E-state index is 0.669. The molecule has 0 saturated heterocycles. The molecule has 0 saturated carbocycles. The van der Waals surface area contributed by atoms with Crippen molar-refractivity contribution in [3.05, 3.63) is 66.6 Å². The molecule has 0 amide bonds. The molecule has 0 spiro atoms. The van der Waals surface area contributed by atoms with Crippen LogP contribution in [0.1, 0.15) is 5.69 Å². The van der Waals surface area contributed by atoms with Crippen molar-refractivity contribution in [2.24, 2.45) is 0 Å². The van der Waals surface area contributed by atoms with Gasteiger partial charge in [0.25, 0.3) is 0 Å². The highest BCUT2D eigenvalue weighted by Crippen LogP contribution is 2.18. The lowest BCUT2D eigenvalue weighted by molar-refractivity contribution is 0.673. The van der Waals surface area contributed by atoms with Crippen LogP contribution in [0.4, 0.5) is 5.82 Å². The molecule has 2 aromatic heterocycles. The van der Waals surface area contributed by atoms with Crippen LogP contribution in [-0.2, 0) is 6.54 Å². The third-order valence-electron chi connectivity index (χ3n) is 3.13. The summed E-state index contributed by atoms with van der Waals surface area (Å²) in [5.74, 6) is 0.873. The summed E-state index contributed by atoms with van der Waals surface area (Å²) >= 11 is 0. The predicted octanol–water partition coefficient (Wildman–Crippen LogP) is 3.04. The van der Waals surface area contributed by atoms with Gasteiger partial charge in [-0.1, -0.05) is 36.4 Å². The van der Waals surface area contributed by atoms with Crippen LogP contribution in [0.2, 0.25) is 0 Å². The molecule has 0 atom stereocenters. The van der Waals surface area contributed by atoms with E-state index in [1.165, 1.54) is 5.56 Å². The molecule has 3 aromatic rings. The zero-order valence-electron chi connectivity index (χ0n) is 11.3. The molecule has 4 nitrogen and oxygen atoms in total. The van der Waals surface area contributed by atoms with Crippen LogP contribution in [0, 0.1) is 0 Å². The van der Waals surface area contributed by atoms with Crippen LogP contribution in [0.5, 0.6) is 0 Å². The van der Waals surface area contributed by atoms with Crippen LogP contribution in [0.25, 0.3) is 11.1 Å². The Kier molecular flexibility index (Phi) is 3.46. The Morgan fingerprint density at radius 1 is 1.00 bits per heavy atom. The molecule has 0 bridgehead atoms. The van der Waals surface area contributed by atoms with Gasteiger partial charge in [0.2, 0.25) is 0 Å². The van der Waals surface area contributed by atoms with E-state index in [1.54, 1.807) is 0 Å². The van der Waals surface area contributed by atoms with E-state index in [9.17, 15) is 0 Å². The molecule has 20 heavy (non-hydrogen) atoms. The number of hydrogen-bond acceptors (Lipinski definition) is 3. The number of nitrogens with zero attached hydrogens (tertiary/aromatic N) is 3. The Morgan fingerprint density at radius 3 is 2.65 bits per heavy atom. The van der Waals surface area contributed by atoms with E-state index in [0.717, 1.165) is 17.1 Å². The molecule has 0 aliphatic carbocycles. The van der Waals surface area contributed by atoms with Crippen molar-refractivity contribution < 1.29 is 0 Å². The topological polar surface area (TPSA) is 42.7 Å². The number of nitrogens with one attached hydrogen (secondary N) is 1. The molecule has 0 aliphatic rings. The van der Waals surface area contributed by atoms with Gasteiger partial charge in [0.15, 0.2) is 0 Å². The highest BCUT2D eigenvalue weighted by molar-refractivity contribution is 5.61. The molecule has 2 heterocycles. The first-order valence-electron chi connectivity index (χ1n) is 6.57. The fraction of sp³-hybridized carbons (Fsp3) is 0.125. The molecular weight excluding hydrogens is 248 g/mol. The third-order valence-corrected chi connectivity index (χ3v) is 3.13. The summed E-state index contributed by atoms with van der Waals surface area (Å²) in [5.41, 5.74) is 3.28. The largest absolute Gasteiger partial charge is 0.373 e. The van der Waals surface area contributed by atoms with Crippen molar-refractivity contribution in [2.45, 2.75) is 6.54 Å². The van der Waals surface area contributed by atoms with Gasteiger partial charge in [-0.15, -0.1) is 0 Å². The van der Waals surface area contributed by atoms with Crippen LogP contribution < -0.4 is 5.32 Å². The second-order valence-corrected chi connectivity index (χ2v) is 4.56. The fourth-order valence-corrected chi connectivity index (χ4v) is 2.10. The highest BCUT2D eigenvalue weighted by Gasteiger charge is 2.03. The lowest BCUT2D eigenvalue weighted by Gasteiger charge is -2.04. The average Bonchev–Trinajstić information content (AvgIpc) is 2.97. The van der Waals surface area contributed by atoms with Gasteiger partial charge in [-0.3, -0.25) is 4.68 Å². The Labute approximate surface area is 118 Å². The van der Waals surface area contributed by atoms with Gasteiger partial charge in [0, 0.05) is 18.8 Å². The highest BCUT2D eigenvalue weighted by atomic mass is 15.3. The maximum atomic E-state index is 4.50. The fourth-order valence-electron chi connectivity index (χ4n) is 2.10. The maximum Gasteiger partial charge on any atom is 0.126 e. The van der Waals surface area contributed by atoms with Crippen molar-refractivity contribution in [1.82, 2.24) is 14.8 Å². The number of rotatable bonds is 4. The Bertz CT molecular complexity index is 688. The minimum Gasteiger partial charge on any atom is -0.373 e. The van der Waals surface area contributed by atoms with Gasteiger partial charge in [-0.05, 0) is 17.7 Å². The van der Waals surface area contributed by atoms with Gasteiger partial charge in [-0.2, -0.15) is 5.10 Å². The summed E-state index contributed by atoms with van der Waals surface area (Å²) in [4.78, 5) is 4.50. The van der Waals surface area contributed by atoms with E-state index in [0.29, 0.717) is 6.54 Å².